The van der Waals surface area contributed by atoms with Crippen LogP contribution in [0.1, 0.15) is 38.2 Å². The van der Waals surface area contributed by atoms with E-state index in [0.29, 0.717) is 25.1 Å². The van der Waals surface area contributed by atoms with Crippen LogP contribution >= 0.6 is 0 Å². The highest BCUT2D eigenvalue weighted by Crippen LogP contribution is 2.41. The van der Waals surface area contributed by atoms with Gasteiger partial charge in [-0.05, 0) is 30.5 Å². The van der Waals surface area contributed by atoms with Crippen molar-refractivity contribution in [3.8, 4) is 0 Å². The molecule has 2 unspecified atom stereocenters. The second kappa shape index (κ2) is 7.89. The van der Waals surface area contributed by atoms with Crippen LogP contribution < -0.4 is 5.32 Å². The van der Waals surface area contributed by atoms with Crippen LogP contribution in [0.5, 0.6) is 0 Å². The van der Waals surface area contributed by atoms with E-state index in [-0.39, 0.29) is 18.7 Å². The first-order valence-corrected chi connectivity index (χ1v) is 8.36. The molecule has 138 valence electrons. The van der Waals surface area contributed by atoms with Crippen molar-refractivity contribution in [3.63, 3.8) is 0 Å². The Kier molecular flexibility index (Phi) is 6.08. The molecule has 0 bridgehead atoms. The Morgan fingerprint density at radius 3 is 2.56 bits per heavy atom. The standard InChI is InChI=1S/C18H23F3N2O2/c1-12(24)23(2)11-13-6-5-7-14(10-13)22-17(25)15-8-3-4-9-16(15)18(19,20)21/h5-7,10,15-16H,3-4,8-9,11H2,1-2H3,(H,22,25). The average molecular weight is 356 g/mol. The number of carbonyl (C=O) groups is 2. The SMILES string of the molecule is CC(=O)N(C)Cc1cccc(NC(=O)C2CCCCC2C(F)(F)F)c1. The molecule has 1 N–H and O–H groups in total. The number of amides is 2. The molecule has 1 aliphatic carbocycles. The fourth-order valence-electron chi connectivity index (χ4n) is 3.20. The lowest BCUT2D eigenvalue weighted by atomic mass is 9.78. The molecule has 1 aromatic carbocycles. The van der Waals surface area contributed by atoms with E-state index in [9.17, 15) is 22.8 Å². The zero-order valence-corrected chi connectivity index (χ0v) is 14.4. The minimum absolute atomic E-state index is 0.00499. The zero-order valence-electron chi connectivity index (χ0n) is 14.4. The van der Waals surface area contributed by atoms with Crippen molar-refractivity contribution in [2.24, 2.45) is 11.8 Å². The molecule has 0 saturated heterocycles. The maximum Gasteiger partial charge on any atom is 0.392 e. The Labute approximate surface area is 145 Å². The van der Waals surface area contributed by atoms with Gasteiger partial charge in [0, 0.05) is 32.1 Å². The maximum absolute atomic E-state index is 13.2. The molecule has 0 radical (unpaired) electrons. The highest BCUT2D eigenvalue weighted by atomic mass is 19.4. The van der Waals surface area contributed by atoms with Crippen molar-refractivity contribution in [3.05, 3.63) is 29.8 Å². The normalized spacial score (nSPS) is 20.8. The summed E-state index contributed by atoms with van der Waals surface area (Å²) in [6.45, 7) is 1.82. The lowest BCUT2D eigenvalue weighted by Gasteiger charge is -2.32. The van der Waals surface area contributed by atoms with Crippen molar-refractivity contribution in [2.45, 2.75) is 45.3 Å². The minimum Gasteiger partial charge on any atom is -0.342 e. The fraction of sp³-hybridized carbons (Fsp3) is 0.556. The summed E-state index contributed by atoms with van der Waals surface area (Å²) in [4.78, 5) is 25.2. The molecule has 1 aliphatic rings. The van der Waals surface area contributed by atoms with Crippen molar-refractivity contribution in [1.29, 1.82) is 0 Å². The Bertz CT molecular complexity index is 631. The minimum atomic E-state index is -4.35. The molecular formula is C18H23F3N2O2. The van der Waals surface area contributed by atoms with Crippen LogP contribution in [0.2, 0.25) is 0 Å². The molecule has 0 aliphatic heterocycles. The van der Waals surface area contributed by atoms with Crippen LogP contribution in [0.3, 0.4) is 0 Å². The topological polar surface area (TPSA) is 49.4 Å². The van der Waals surface area contributed by atoms with E-state index in [1.807, 2.05) is 0 Å². The summed E-state index contributed by atoms with van der Waals surface area (Å²) in [6, 6.07) is 6.83. The number of hydrogen-bond donors (Lipinski definition) is 1. The van der Waals surface area contributed by atoms with Crippen molar-refractivity contribution >= 4 is 17.5 Å². The fourth-order valence-corrected chi connectivity index (χ4v) is 3.20. The third kappa shape index (κ3) is 5.21. The van der Waals surface area contributed by atoms with Gasteiger partial charge in [0.2, 0.25) is 11.8 Å². The smallest absolute Gasteiger partial charge is 0.342 e. The highest BCUT2D eigenvalue weighted by molar-refractivity contribution is 5.93. The van der Waals surface area contributed by atoms with Gasteiger partial charge in [0.1, 0.15) is 0 Å². The van der Waals surface area contributed by atoms with E-state index in [2.05, 4.69) is 5.32 Å². The predicted molar refractivity (Wildman–Crippen MR) is 88.7 cm³/mol. The zero-order chi connectivity index (χ0) is 18.6. The number of rotatable bonds is 4. The molecule has 1 fully saturated rings. The Hall–Kier alpha value is -2.05. The molecule has 4 nitrogen and oxygen atoms in total. The Morgan fingerprint density at radius 1 is 1.24 bits per heavy atom. The number of benzene rings is 1. The van der Waals surface area contributed by atoms with Crippen LogP contribution in [0.4, 0.5) is 18.9 Å². The predicted octanol–water partition coefficient (Wildman–Crippen LogP) is 3.97. The van der Waals surface area contributed by atoms with Gasteiger partial charge >= 0.3 is 6.18 Å². The number of nitrogens with one attached hydrogen (secondary N) is 1. The van der Waals surface area contributed by atoms with Gasteiger partial charge in [0.15, 0.2) is 0 Å². The lowest BCUT2D eigenvalue weighted by molar-refractivity contribution is -0.197. The van der Waals surface area contributed by atoms with Gasteiger partial charge < -0.3 is 10.2 Å². The van der Waals surface area contributed by atoms with E-state index in [1.165, 1.54) is 11.8 Å². The van der Waals surface area contributed by atoms with E-state index in [0.717, 1.165) is 5.56 Å². The maximum atomic E-state index is 13.2. The molecule has 0 aromatic heterocycles. The number of anilines is 1. The second-order valence-electron chi connectivity index (χ2n) is 6.60. The van der Waals surface area contributed by atoms with Crippen molar-refractivity contribution < 1.29 is 22.8 Å². The molecule has 7 heteroatoms. The largest absolute Gasteiger partial charge is 0.392 e. The van der Waals surface area contributed by atoms with E-state index in [4.69, 9.17) is 0 Å². The summed E-state index contributed by atoms with van der Waals surface area (Å²) in [5.41, 5.74) is 1.25. The van der Waals surface area contributed by atoms with Gasteiger partial charge in [-0.1, -0.05) is 25.0 Å². The molecule has 25 heavy (non-hydrogen) atoms. The van der Waals surface area contributed by atoms with Gasteiger partial charge in [-0.2, -0.15) is 13.2 Å². The van der Waals surface area contributed by atoms with Gasteiger partial charge in [-0.3, -0.25) is 9.59 Å². The van der Waals surface area contributed by atoms with Gasteiger partial charge in [-0.25, -0.2) is 0 Å². The van der Waals surface area contributed by atoms with Crippen molar-refractivity contribution in [2.75, 3.05) is 12.4 Å². The van der Waals surface area contributed by atoms with Crippen LogP contribution in [0.25, 0.3) is 0 Å². The third-order valence-electron chi connectivity index (χ3n) is 4.67. The molecule has 2 rings (SSSR count). The van der Waals surface area contributed by atoms with Gasteiger partial charge in [-0.15, -0.1) is 0 Å². The summed E-state index contributed by atoms with van der Waals surface area (Å²) in [6.07, 6.45) is -2.96. The molecule has 2 amide bonds. The van der Waals surface area contributed by atoms with Crippen LogP contribution in [-0.4, -0.2) is 29.9 Å². The quantitative estimate of drug-likeness (QED) is 0.887. The summed E-state index contributed by atoms with van der Waals surface area (Å²) >= 11 is 0. The molecule has 2 atom stereocenters. The number of halogens is 3. The second-order valence-corrected chi connectivity index (χ2v) is 6.60. The number of alkyl halides is 3. The number of nitrogens with zero attached hydrogens (tertiary/aromatic N) is 1. The molecule has 1 saturated carbocycles. The molecule has 1 aromatic rings. The lowest BCUT2D eigenvalue weighted by Crippen LogP contribution is -2.39. The van der Waals surface area contributed by atoms with Gasteiger partial charge in [0.25, 0.3) is 0 Å². The Morgan fingerprint density at radius 2 is 1.92 bits per heavy atom. The summed E-state index contributed by atoms with van der Waals surface area (Å²) in [5.74, 6) is -3.30. The monoisotopic (exact) mass is 356 g/mol. The van der Waals surface area contributed by atoms with Crippen LogP contribution in [-0.2, 0) is 16.1 Å². The number of hydrogen-bond acceptors (Lipinski definition) is 2. The first kappa shape index (κ1) is 19.3. The molecule has 0 spiro atoms. The summed E-state index contributed by atoms with van der Waals surface area (Å²) < 4.78 is 39.5. The average Bonchev–Trinajstić information content (AvgIpc) is 2.54. The van der Waals surface area contributed by atoms with Crippen LogP contribution in [0.15, 0.2) is 24.3 Å². The van der Waals surface area contributed by atoms with E-state index < -0.39 is 23.9 Å². The molecule has 0 heterocycles. The first-order chi connectivity index (χ1) is 11.7. The molecular weight excluding hydrogens is 333 g/mol. The first-order valence-electron chi connectivity index (χ1n) is 8.36. The van der Waals surface area contributed by atoms with Gasteiger partial charge in [0.05, 0.1) is 5.92 Å². The number of carbonyl (C=O) groups excluding carboxylic acids is 2. The highest BCUT2D eigenvalue weighted by Gasteiger charge is 2.48. The van der Waals surface area contributed by atoms with Crippen LogP contribution in [0, 0.1) is 11.8 Å². The van der Waals surface area contributed by atoms with E-state index in [1.54, 1.807) is 31.3 Å². The third-order valence-corrected chi connectivity index (χ3v) is 4.67. The van der Waals surface area contributed by atoms with Crippen molar-refractivity contribution in [1.82, 2.24) is 4.90 Å². The van der Waals surface area contributed by atoms with E-state index >= 15 is 0 Å². The Balaban J connectivity index is 2.08. The summed E-state index contributed by atoms with van der Waals surface area (Å²) in [7, 11) is 1.66. The summed E-state index contributed by atoms with van der Waals surface area (Å²) in [5, 5.41) is 2.61.